The van der Waals surface area contributed by atoms with Gasteiger partial charge in [0.15, 0.2) is 5.96 Å². The Morgan fingerprint density at radius 2 is 1.43 bits per heavy atom. The van der Waals surface area contributed by atoms with Crippen LogP contribution >= 0.6 is 0 Å². The van der Waals surface area contributed by atoms with Crippen LogP contribution in [0.4, 0.5) is 0 Å². The SMILES string of the molecule is NC(N)=NCCC[C@H](N)C(=O)N1CCC[C@H]1C(=O)N1CCC[C@H]1C(=O)NCC(=O)N[C@H](Cc1ccccc1)C(=O)N[C@@H](CO)C(=O)N1CCC[C@@H]1C(=O)O. The smallest absolute Gasteiger partial charge is 0.326 e. The zero-order valence-electron chi connectivity index (χ0n) is 30.2. The van der Waals surface area contributed by atoms with Gasteiger partial charge >= 0.3 is 5.97 Å². The van der Waals surface area contributed by atoms with Crippen molar-refractivity contribution in [1.29, 1.82) is 0 Å². The number of nitrogens with two attached hydrogens (primary N) is 3. The number of aliphatic hydroxyl groups is 1. The van der Waals surface area contributed by atoms with Gasteiger partial charge in [-0.3, -0.25) is 33.8 Å². The highest BCUT2D eigenvalue weighted by atomic mass is 16.4. The Balaban J connectivity index is 1.35. The second-order valence-corrected chi connectivity index (χ2v) is 13.7. The Labute approximate surface area is 313 Å². The first-order valence-electron chi connectivity index (χ1n) is 18.3. The van der Waals surface area contributed by atoms with E-state index in [-0.39, 0.29) is 37.2 Å². The number of carbonyl (C=O) groups excluding carboxylic acids is 6. The second-order valence-electron chi connectivity index (χ2n) is 13.7. The number of nitrogens with zero attached hydrogens (tertiary/aromatic N) is 4. The number of likely N-dealkylation sites (tertiary alicyclic amines) is 3. The van der Waals surface area contributed by atoms with E-state index in [1.54, 1.807) is 30.3 Å². The van der Waals surface area contributed by atoms with E-state index in [4.69, 9.17) is 17.2 Å². The highest BCUT2D eigenvalue weighted by molar-refractivity contribution is 5.96. The molecule has 1 aromatic rings. The van der Waals surface area contributed by atoms with Gasteiger partial charge in [-0.2, -0.15) is 0 Å². The summed E-state index contributed by atoms with van der Waals surface area (Å²) in [6.07, 6.45) is 3.41. The maximum atomic E-state index is 13.7. The van der Waals surface area contributed by atoms with E-state index >= 15 is 0 Å². The normalized spacial score (nSPS) is 21.1. The van der Waals surface area contributed by atoms with Crippen LogP contribution in [0, 0.1) is 0 Å². The molecule has 0 aliphatic carbocycles. The maximum absolute atomic E-state index is 13.7. The van der Waals surface area contributed by atoms with Crippen molar-refractivity contribution in [2.45, 2.75) is 94.0 Å². The molecule has 19 heteroatoms. The third-order valence-corrected chi connectivity index (χ3v) is 9.92. The van der Waals surface area contributed by atoms with Gasteiger partial charge in [-0.1, -0.05) is 30.3 Å². The Bertz CT molecular complexity index is 1560. The number of aliphatic imine (C=N–C) groups is 1. The van der Waals surface area contributed by atoms with Crippen LogP contribution in [0.2, 0.25) is 0 Å². The molecule has 3 aliphatic heterocycles. The van der Waals surface area contributed by atoms with E-state index in [2.05, 4.69) is 20.9 Å². The van der Waals surface area contributed by atoms with E-state index in [1.165, 1.54) is 9.80 Å². The van der Waals surface area contributed by atoms with Crippen molar-refractivity contribution in [3.63, 3.8) is 0 Å². The summed E-state index contributed by atoms with van der Waals surface area (Å²) in [6, 6.07) is 2.47. The molecule has 0 radical (unpaired) electrons. The van der Waals surface area contributed by atoms with Gasteiger partial charge < -0.3 is 58.1 Å². The molecule has 0 spiro atoms. The number of aliphatic hydroxyl groups excluding tert-OH is 1. The molecule has 11 N–H and O–H groups in total. The molecule has 3 saturated heterocycles. The van der Waals surface area contributed by atoms with Crippen LogP contribution in [0.3, 0.4) is 0 Å². The number of carbonyl (C=O) groups is 7. The maximum Gasteiger partial charge on any atom is 0.326 e. The van der Waals surface area contributed by atoms with Crippen molar-refractivity contribution in [2.24, 2.45) is 22.2 Å². The average Bonchev–Trinajstić information content (AvgIpc) is 3.95. The number of hydrogen-bond acceptors (Lipinski definition) is 10. The predicted molar refractivity (Wildman–Crippen MR) is 194 cm³/mol. The first-order chi connectivity index (χ1) is 25.8. The summed E-state index contributed by atoms with van der Waals surface area (Å²) >= 11 is 0. The molecule has 4 rings (SSSR count). The fourth-order valence-electron chi connectivity index (χ4n) is 7.17. The minimum absolute atomic E-state index is 0.00159. The van der Waals surface area contributed by atoms with Crippen LogP contribution in [0.5, 0.6) is 0 Å². The first kappa shape index (κ1) is 41.5. The average molecular weight is 757 g/mol. The number of guanidine groups is 1. The van der Waals surface area contributed by atoms with Gasteiger partial charge in [0.2, 0.25) is 35.4 Å². The molecule has 3 fully saturated rings. The number of carboxylic acid groups (broad SMARTS) is 1. The Morgan fingerprint density at radius 3 is 2.06 bits per heavy atom. The molecule has 1 aromatic carbocycles. The van der Waals surface area contributed by atoms with E-state index in [9.17, 15) is 43.8 Å². The van der Waals surface area contributed by atoms with Gasteiger partial charge in [0.1, 0.15) is 30.2 Å². The molecule has 0 unspecified atom stereocenters. The van der Waals surface area contributed by atoms with Gasteiger partial charge in [-0.25, -0.2) is 4.79 Å². The van der Waals surface area contributed by atoms with Gasteiger partial charge in [0, 0.05) is 32.6 Å². The number of benzene rings is 1. The molecule has 3 heterocycles. The van der Waals surface area contributed by atoms with Crippen LogP contribution in [0.15, 0.2) is 35.3 Å². The van der Waals surface area contributed by atoms with Crippen LogP contribution in [-0.2, 0) is 40.0 Å². The van der Waals surface area contributed by atoms with Crippen LogP contribution in [-0.4, -0.2) is 148 Å². The molecule has 296 valence electrons. The number of rotatable bonds is 17. The topological polar surface area (TPSA) is 296 Å². The van der Waals surface area contributed by atoms with Crippen LogP contribution < -0.4 is 33.2 Å². The third-order valence-electron chi connectivity index (χ3n) is 9.92. The lowest BCUT2D eigenvalue weighted by molar-refractivity contribution is -0.150. The summed E-state index contributed by atoms with van der Waals surface area (Å²) in [5, 5.41) is 27.1. The van der Waals surface area contributed by atoms with E-state index in [1.807, 2.05) is 0 Å². The van der Waals surface area contributed by atoms with Gasteiger partial charge in [-0.15, -0.1) is 0 Å². The van der Waals surface area contributed by atoms with E-state index in [0.29, 0.717) is 70.1 Å². The fourth-order valence-corrected chi connectivity index (χ4v) is 7.17. The number of aliphatic carboxylic acids is 1. The lowest BCUT2D eigenvalue weighted by Crippen LogP contribution is -2.58. The number of hydrogen-bond donors (Lipinski definition) is 8. The minimum atomic E-state index is -1.45. The Hall–Kier alpha value is -5.30. The lowest BCUT2D eigenvalue weighted by Gasteiger charge is -2.32. The summed E-state index contributed by atoms with van der Waals surface area (Å²) in [5.41, 5.74) is 17.5. The minimum Gasteiger partial charge on any atom is -0.480 e. The van der Waals surface area contributed by atoms with E-state index < -0.39 is 79.0 Å². The fraction of sp³-hybridized carbons (Fsp3) is 0.600. The number of amides is 6. The molecule has 19 nitrogen and oxygen atoms in total. The van der Waals surface area contributed by atoms with Crippen molar-refractivity contribution < 1.29 is 43.8 Å². The molecule has 6 atom stereocenters. The molecule has 0 aromatic heterocycles. The van der Waals surface area contributed by atoms with Gasteiger partial charge in [0.25, 0.3) is 0 Å². The van der Waals surface area contributed by atoms with Crippen molar-refractivity contribution in [1.82, 2.24) is 30.7 Å². The zero-order valence-corrected chi connectivity index (χ0v) is 30.2. The van der Waals surface area contributed by atoms with Gasteiger partial charge in [0.05, 0.1) is 19.2 Å². The molecular weight excluding hydrogens is 704 g/mol. The van der Waals surface area contributed by atoms with Crippen molar-refractivity contribution in [3.8, 4) is 0 Å². The molecule has 54 heavy (non-hydrogen) atoms. The standard InChI is InChI=1S/C35H52N10O9/c36-22(10-4-14-39-35(37)38)31(50)44-16-6-12-26(44)33(52)43-15-5-11-25(43)30(49)40-19-28(47)41-23(18-21-8-2-1-3-9-21)29(48)42-24(20-46)32(51)45-17-7-13-27(45)34(53)54/h1-3,8-9,22-27,46H,4-7,10-20,36H2,(H,40,49)(H,41,47)(H,42,48)(H,53,54)(H4,37,38,39)/t22-,23+,24-,25-,26-,27+/m0/s1. The Kier molecular flexibility index (Phi) is 15.1. The third kappa shape index (κ3) is 10.9. The van der Waals surface area contributed by atoms with Crippen molar-refractivity contribution >= 4 is 47.4 Å². The second kappa shape index (κ2) is 19.7. The van der Waals surface area contributed by atoms with Crippen LogP contribution in [0.1, 0.15) is 56.9 Å². The lowest BCUT2D eigenvalue weighted by atomic mass is 10.0. The summed E-state index contributed by atoms with van der Waals surface area (Å²) in [5.74, 6) is -4.83. The molecule has 6 amide bonds. The molecule has 3 aliphatic rings. The summed E-state index contributed by atoms with van der Waals surface area (Å²) < 4.78 is 0. The highest BCUT2D eigenvalue weighted by Crippen LogP contribution is 2.26. The monoisotopic (exact) mass is 756 g/mol. The molecular formula is C35H52N10O9. The summed E-state index contributed by atoms with van der Waals surface area (Å²) in [6.45, 7) is -0.212. The highest BCUT2D eigenvalue weighted by Gasteiger charge is 2.43. The summed E-state index contributed by atoms with van der Waals surface area (Å²) in [7, 11) is 0. The van der Waals surface area contributed by atoms with Crippen molar-refractivity contribution in [2.75, 3.05) is 39.3 Å². The van der Waals surface area contributed by atoms with Gasteiger partial charge in [-0.05, 0) is 56.9 Å². The predicted octanol–water partition coefficient (Wildman–Crippen LogP) is -3.25. The molecule has 0 bridgehead atoms. The number of nitrogens with one attached hydrogen (secondary N) is 3. The largest absolute Gasteiger partial charge is 0.480 e. The molecule has 0 saturated carbocycles. The van der Waals surface area contributed by atoms with E-state index in [0.717, 1.165) is 4.90 Å². The Morgan fingerprint density at radius 1 is 0.815 bits per heavy atom. The summed E-state index contributed by atoms with van der Waals surface area (Å²) in [4.78, 5) is 99.6. The van der Waals surface area contributed by atoms with Crippen molar-refractivity contribution in [3.05, 3.63) is 35.9 Å². The zero-order chi connectivity index (χ0) is 39.4. The van der Waals surface area contributed by atoms with Crippen LogP contribution in [0.25, 0.3) is 0 Å². The quantitative estimate of drug-likeness (QED) is 0.0442. The number of carboxylic acids is 1. The first-order valence-corrected chi connectivity index (χ1v) is 18.3.